The van der Waals surface area contributed by atoms with Crippen molar-refractivity contribution in [3.63, 3.8) is 0 Å². The Bertz CT molecular complexity index is 576. The number of hydrogen-bond donors (Lipinski definition) is 1. The zero-order valence-corrected chi connectivity index (χ0v) is 11.7. The largest absolute Gasteiger partial charge is 0.352 e. The maximum absolute atomic E-state index is 12.0. The van der Waals surface area contributed by atoms with Gasteiger partial charge in [0, 0.05) is 16.8 Å². The molecule has 3 rings (SSSR count). The maximum Gasteiger partial charge on any atom is 0.224 e. The van der Waals surface area contributed by atoms with Gasteiger partial charge in [-0.15, -0.1) is 11.3 Å². The Kier molecular flexibility index (Phi) is 3.38. The second-order valence-corrected chi connectivity index (χ2v) is 6.11. The second kappa shape index (κ2) is 5.17. The molecule has 1 amide bonds. The molecule has 0 bridgehead atoms. The molecule has 3 heteroatoms. The average molecular weight is 271 g/mol. The van der Waals surface area contributed by atoms with Crippen LogP contribution in [0.5, 0.6) is 0 Å². The van der Waals surface area contributed by atoms with Crippen molar-refractivity contribution in [3.05, 3.63) is 57.8 Å². The summed E-state index contributed by atoms with van der Waals surface area (Å²) in [5.74, 6) is 0.680. The molecule has 2 nitrogen and oxygen atoms in total. The molecule has 0 spiro atoms. The van der Waals surface area contributed by atoms with Gasteiger partial charge in [0.1, 0.15) is 0 Å². The fourth-order valence-corrected chi connectivity index (χ4v) is 3.32. The quantitative estimate of drug-likeness (QED) is 0.908. The normalized spacial score (nSPS) is 21.1. The number of carbonyl (C=O) groups is 1. The number of benzene rings is 1. The molecule has 0 saturated heterocycles. The van der Waals surface area contributed by atoms with Crippen molar-refractivity contribution in [2.24, 2.45) is 0 Å². The van der Waals surface area contributed by atoms with Crippen LogP contribution in [0.2, 0.25) is 0 Å². The van der Waals surface area contributed by atoms with Crippen molar-refractivity contribution in [3.8, 4) is 0 Å². The molecule has 1 fully saturated rings. The van der Waals surface area contributed by atoms with Crippen molar-refractivity contribution in [1.82, 2.24) is 5.32 Å². The zero-order chi connectivity index (χ0) is 13.2. The van der Waals surface area contributed by atoms with E-state index in [4.69, 9.17) is 0 Å². The number of rotatable bonds is 4. The third-order valence-electron chi connectivity index (χ3n) is 3.66. The molecule has 2 aromatic rings. The highest BCUT2D eigenvalue weighted by Crippen LogP contribution is 2.42. The number of carbonyl (C=O) groups excluding carboxylic acids is 1. The molecule has 1 aromatic heterocycles. The molecule has 1 aromatic carbocycles. The van der Waals surface area contributed by atoms with Gasteiger partial charge >= 0.3 is 0 Å². The van der Waals surface area contributed by atoms with E-state index in [-0.39, 0.29) is 5.91 Å². The SMILES string of the molecule is Cc1ccccc1CC(=O)NC1CC1c1cccs1. The lowest BCUT2D eigenvalue weighted by molar-refractivity contribution is -0.120. The molecule has 1 heterocycles. The summed E-state index contributed by atoms with van der Waals surface area (Å²) in [5, 5.41) is 5.23. The predicted octanol–water partition coefficient (Wildman–Crippen LogP) is 3.27. The van der Waals surface area contributed by atoms with Crippen LogP contribution in [0.3, 0.4) is 0 Å². The standard InChI is InChI=1S/C16H17NOS/c1-11-5-2-3-6-12(11)9-16(18)17-14-10-13(14)15-7-4-8-19-15/h2-8,13-14H,9-10H2,1H3,(H,17,18). The van der Waals surface area contributed by atoms with Crippen LogP contribution < -0.4 is 5.32 Å². The summed E-state index contributed by atoms with van der Waals surface area (Å²) in [6.07, 6.45) is 1.57. The van der Waals surface area contributed by atoms with Crippen molar-refractivity contribution in [2.45, 2.75) is 31.7 Å². The van der Waals surface area contributed by atoms with Gasteiger partial charge in [-0.25, -0.2) is 0 Å². The van der Waals surface area contributed by atoms with Gasteiger partial charge in [0.05, 0.1) is 6.42 Å². The van der Waals surface area contributed by atoms with E-state index >= 15 is 0 Å². The maximum atomic E-state index is 12.0. The van der Waals surface area contributed by atoms with Gasteiger partial charge < -0.3 is 5.32 Å². The Balaban J connectivity index is 1.55. The highest BCUT2D eigenvalue weighted by atomic mass is 32.1. The minimum Gasteiger partial charge on any atom is -0.352 e. The van der Waals surface area contributed by atoms with E-state index in [0.29, 0.717) is 18.4 Å². The van der Waals surface area contributed by atoms with Gasteiger partial charge in [-0.1, -0.05) is 30.3 Å². The Morgan fingerprint density at radius 3 is 2.89 bits per heavy atom. The summed E-state index contributed by atoms with van der Waals surface area (Å²) in [7, 11) is 0. The molecule has 98 valence electrons. The lowest BCUT2D eigenvalue weighted by atomic mass is 10.1. The van der Waals surface area contributed by atoms with Crippen LogP contribution in [0.4, 0.5) is 0 Å². The van der Waals surface area contributed by atoms with Gasteiger partial charge in [-0.2, -0.15) is 0 Å². The lowest BCUT2D eigenvalue weighted by Gasteiger charge is -2.06. The van der Waals surface area contributed by atoms with E-state index < -0.39 is 0 Å². The highest BCUT2D eigenvalue weighted by Gasteiger charge is 2.40. The van der Waals surface area contributed by atoms with Gasteiger partial charge in [0.2, 0.25) is 5.91 Å². The summed E-state index contributed by atoms with van der Waals surface area (Å²) >= 11 is 1.78. The summed E-state index contributed by atoms with van der Waals surface area (Å²) in [6, 6.07) is 12.6. The van der Waals surface area contributed by atoms with E-state index in [1.165, 1.54) is 10.4 Å². The highest BCUT2D eigenvalue weighted by molar-refractivity contribution is 7.10. The van der Waals surface area contributed by atoms with Crippen LogP contribution in [0, 0.1) is 6.92 Å². The minimum absolute atomic E-state index is 0.137. The van der Waals surface area contributed by atoms with Gasteiger partial charge in [0.15, 0.2) is 0 Å². The van der Waals surface area contributed by atoms with Gasteiger partial charge in [0.25, 0.3) is 0 Å². The summed E-state index contributed by atoms with van der Waals surface area (Å²) in [6.45, 7) is 2.05. The molecule has 0 aliphatic heterocycles. The summed E-state index contributed by atoms with van der Waals surface area (Å²) in [4.78, 5) is 13.4. The van der Waals surface area contributed by atoms with Crippen molar-refractivity contribution >= 4 is 17.2 Å². The van der Waals surface area contributed by atoms with Crippen molar-refractivity contribution in [2.75, 3.05) is 0 Å². The third kappa shape index (κ3) is 2.87. The zero-order valence-electron chi connectivity index (χ0n) is 10.9. The number of aryl methyl sites for hydroxylation is 1. The average Bonchev–Trinajstić information content (AvgIpc) is 2.94. The van der Waals surface area contributed by atoms with E-state index in [1.54, 1.807) is 11.3 Å². The van der Waals surface area contributed by atoms with Crippen LogP contribution in [-0.4, -0.2) is 11.9 Å². The van der Waals surface area contributed by atoms with Crippen LogP contribution in [0.15, 0.2) is 41.8 Å². The Hall–Kier alpha value is -1.61. The first kappa shape index (κ1) is 12.4. The van der Waals surface area contributed by atoms with Crippen LogP contribution in [0.25, 0.3) is 0 Å². The molecular formula is C16H17NOS. The van der Waals surface area contributed by atoms with E-state index in [1.807, 2.05) is 31.2 Å². The molecular weight excluding hydrogens is 254 g/mol. The van der Waals surface area contributed by atoms with E-state index in [9.17, 15) is 4.79 Å². The van der Waals surface area contributed by atoms with Crippen molar-refractivity contribution < 1.29 is 4.79 Å². The Morgan fingerprint density at radius 2 is 2.16 bits per heavy atom. The molecule has 1 aliphatic carbocycles. The predicted molar refractivity (Wildman–Crippen MR) is 78.5 cm³/mol. The topological polar surface area (TPSA) is 29.1 Å². The molecule has 1 saturated carbocycles. The molecule has 19 heavy (non-hydrogen) atoms. The first-order valence-electron chi connectivity index (χ1n) is 6.61. The molecule has 1 aliphatic rings. The van der Waals surface area contributed by atoms with E-state index in [2.05, 4.69) is 22.8 Å². The van der Waals surface area contributed by atoms with Crippen LogP contribution >= 0.6 is 11.3 Å². The Morgan fingerprint density at radius 1 is 1.32 bits per heavy atom. The smallest absolute Gasteiger partial charge is 0.224 e. The first-order chi connectivity index (χ1) is 9.24. The van der Waals surface area contributed by atoms with Crippen molar-refractivity contribution in [1.29, 1.82) is 0 Å². The van der Waals surface area contributed by atoms with Crippen LogP contribution in [0.1, 0.15) is 28.3 Å². The number of nitrogens with one attached hydrogen (secondary N) is 1. The number of amides is 1. The second-order valence-electron chi connectivity index (χ2n) is 5.13. The summed E-state index contributed by atoms with van der Waals surface area (Å²) < 4.78 is 0. The van der Waals surface area contributed by atoms with Gasteiger partial charge in [-0.3, -0.25) is 4.79 Å². The fourth-order valence-electron chi connectivity index (χ4n) is 2.41. The molecule has 2 unspecified atom stereocenters. The first-order valence-corrected chi connectivity index (χ1v) is 7.49. The molecule has 1 N–H and O–H groups in total. The summed E-state index contributed by atoms with van der Waals surface area (Å²) in [5.41, 5.74) is 2.30. The Labute approximate surface area is 117 Å². The van der Waals surface area contributed by atoms with Crippen LogP contribution in [-0.2, 0) is 11.2 Å². The van der Waals surface area contributed by atoms with E-state index in [0.717, 1.165) is 12.0 Å². The number of hydrogen-bond acceptors (Lipinski definition) is 2. The number of thiophene rings is 1. The fraction of sp³-hybridized carbons (Fsp3) is 0.312. The molecule has 2 atom stereocenters. The lowest BCUT2D eigenvalue weighted by Crippen LogP contribution is -2.28. The van der Waals surface area contributed by atoms with Gasteiger partial charge in [-0.05, 0) is 35.9 Å². The third-order valence-corrected chi connectivity index (χ3v) is 4.66. The molecule has 0 radical (unpaired) electrons. The monoisotopic (exact) mass is 271 g/mol. The minimum atomic E-state index is 0.137.